The summed E-state index contributed by atoms with van der Waals surface area (Å²) in [4.78, 5) is 20.5. The average molecular weight is 256 g/mol. The monoisotopic (exact) mass is 256 g/mol. The zero-order chi connectivity index (χ0) is 13.9. The number of nitro groups is 1. The minimum absolute atomic E-state index is 0.125. The highest BCUT2D eigenvalue weighted by Gasteiger charge is 2.22. The Labute approximate surface area is 102 Å². The molecule has 0 fully saturated rings. The molecule has 0 saturated carbocycles. The van der Waals surface area contributed by atoms with Crippen molar-refractivity contribution in [1.82, 2.24) is 0 Å². The Kier molecular flexibility index (Phi) is 4.05. The van der Waals surface area contributed by atoms with Gasteiger partial charge in [0.1, 0.15) is 0 Å². The third-order valence-corrected chi connectivity index (χ3v) is 2.32. The number of benzene rings is 1. The number of ether oxygens (including phenoxy) is 1. The molecule has 0 heterocycles. The second-order valence-corrected chi connectivity index (χ2v) is 3.55. The van der Waals surface area contributed by atoms with Crippen LogP contribution < -0.4 is 10.5 Å². The third-order valence-electron chi connectivity index (χ3n) is 2.32. The first-order valence-corrected chi connectivity index (χ1v) is 4.89. The smallest absolute Gasteiger partial charge is 0.314 e. The Morgan fingerprint density at radius 2 is 2.22 bits per heavy atom. The molecule has 0 aliphatic rings. The first-order valence-electron chi connectivity index (χ1n) is 4.89. The van der Waals surface area contributed by atoms with E-state index in [1.54, 1.807) is 0 Å². The van der Waals surface area contributed by atoms with Crippen LogP contribution in [0.5, 0.6) is 11.5 Å². The Morgan fingerprint density at radius 1 is 1.61 bits per heavy atom. The number of aliphatic carboxylic acids is 1. The number of carboxylic acid groups (broad SMARTS) is 1. The molecule has 8 nitrogen and oxygen atoms in total. The summed E-state index contributed by atoms with van der Waals surface area (Å²) in [6.45, 7) is 0. The average Bonchev–Trinajstić information content (AvgIpc) is 2.27. The summed E-state index contributed by atoms with van der Waals surface area (Å²) in [6, 6.07) is 1.39. The fourth-order valence-corrected chi connectivity index (χ4v) is 1.43. The minimum Gasteiger partial charge on any atom is -0.500 e. The van der Waals surface area contributed by atoms with E-state index in [4.69, 9.17) is 15.6 Å². The highest BCUT2D eigenvalue weighted by atomic mass is 16.6. The second-order valence-electron chi connectivity index (χ2n) is 3.55. The maximum atomic E-state index is 10.7. The van der Waals surface area contributed by atoms with Gasteiger partial charge in [-0.05, 0) is 11.6 Å². The van der Waals surface area contributed by atoms with Gasteiger partial charge in [-0.3, -0.25) is 14.9 Å². The fraction of sp³-hybridized carbons (Fsp3) is 0.300. The molecule has 98 valence electrons. The summed E-state index contributed by atoms with van der Waals surface area (Å²) in [5.74, 6) is -1.87. The highest BCUT2D eigenvalue weighted by Crippen LogP contribution is 2.38. The summed E-state index contributed by atoms with van der Waals surface area (Å²) in [7, 11) is 1.23. The first kappa shape index (κ1) is 13.7. The van der Waals surface area contributed by atoms with Crippen molar-refractivity contribution in [2.24, 2.45) is 5.73 Å². The number of phenolic OH excluding ortho intramolecular Hbond substituents is 1. The topological polar surface area (TPSA) is 136 Å². The van der Waals surface area contributed by atoms with Crippen LogP contribution in [0, 0.1) is 10.1 Å². The van der Waals surface area contributed by atoms with E-state index in [2.05, 4.69) is 0 Å². The molecule has 1 atom stereocenters. The molecule has 0 unspecified atom stereocenters. The van der Waals surface area contributed by atoms with Gasteiger partial charge in [0, 0.05) is 12.1 Å². The predicted octanol–water partition coefficient (Wildman–Crippen LogP) is 0.783. The molecule has 0 aromatic heterocycles. The van der Waals surface area contributed by atoms with Crippen molar-refractivity contribution in [3.05, 3.63) is 27.8 Å². The molecule has 0 radical (unpaired) electrons. The van der Waals surface area contributed by atoms with E-state index in [0.29, 0.717) is 0 Å². The summed E-state index contributed by atoms with van der Waals surface area (Å²) in [5.41, 5.74) is 5.23. The van der Waals surface area contributed by atoms with Gasteiger partial charge in [0.25, 0.3) is 0 Å². The lowest BCUT2D eigenvalue weighted by Crippen LogP contribution is -2.15. The number of nitro benzene ring substituents is 1. The molecule has 18 heavy (non-hydrogen) atoms. The van der Waals surface area contributed by atoms with E-state index in [0.717, 1.165) is 6.07 Å². The van der Waals surface area contributed by atoms with Crippen LogP contribution in [0.3, 0.4) is 0 Å². The van der Waals surface area contributed by atoms with Crippen LogP contribution in [0.4, 0.5) is 5.69 Å². The van der Waals surface area contributed by atoms with Crippen LogP contribution in [0.25, 0.3) is 0 Å². The van der Waals surface area contributed by atoms with E-state index in [9.17, 15) is 20.0 Å². The quantitative estimate of drug-likeness (QED) is 0.523. The van der Waals surface area contributed by atoms with Crippen molar-refractivity contribution in [1.29, 1.82) is 0 Å². The Morgan fingerprint density at radius 3 is 2.67 bits per heavy atom. The number of carbonyl (C=O) groups is 1. The number of nitrogens with zero attached hydrogens (tertiary/aromatic N) is 1. The van der Waals surface area contributed by atoms with Crippen LogP contribution in [-0.4, -0.2) is 28.2 Å². The summed E-state index contributed by atoms with van der Waals surface area (Å²) in [5, 5.41) is 28.9. The standard InChI is InChI=1S/C10H12N2O6/c1-18-8-3-5(6(11)4-9(13)14)2-7(10(8)15)12(16)17/h2-3,6,15H,4,11H2,1H3,(H,13,14)/t6-/m0/s1. The van der Waals surface area contributed by atoms with E-state index in [-0.39, 0.29) is 17.7 Å². The molecule has 1 aromatic carbocycles. The number of phenols is 1. The van der Waals surface area contributed by atoms with Gasteiger partial charge in [0.05, 0.1) is 18.5 Å². The lowest BCUT2D eigenvalue weighted by molar-refractivity contribution is -0.386. The molecule has 0 bridgehead atoms. The summed E-state index contributed by atoms with van der Waals surface area (Å²) in [6.07, 6.45) is -0.384. The maximum Gasteiger partial charge on any atom is 0.314 e. The Bertz CT molecular complexity index is 488. The van der Waals surface area contributed by atoms with E-state index < -0.39 is 28.4 Å². The first-order chi connectivity index (χ1) is 8.36. The zero-order valence-electron chi connectivity index (χ0n) is 9.49. The van der Waals surface area contributed by atoms with Crippen LogP contribution in [0.2, 0.25) is 0 Å². The number of nitrogens with two attached hydrogens (primary N) is 1. The van der Waals surface area contributed by atoms with Gasteiger partial charge in [-0.15, -0.1) is 0 Å². The second kappa shape index (κ2) is 5.32. The van der Waals surface area contributed by atoms with Gasteiger partial charge in [-0.2, -0.15) is 0 Å². The van der Waals surface area contributed by atoms with Gasteiger partial charge < -0.3 is 20.7 Å². The Balaban J connectivity index is 3.25. The molecule has 0 saturated heterocycles. The van der Waals surface area contributed by atoms with Crippen LogP contribution in [-0.2, 0) is 4.79 Å². The van der Waals surface area contributed by atoms with Crippen LogP contribution in [0.15, 0.2) is 12.1 Å². The molecule has 8 heteroatoms. The van der Waals surface area contributed by atoms with Crippen molar-refractivity contribution in [3.8, 4) is 11.5 Å². The van der Waals surface area contributed by atoms with Gasteiger partial charge >= 0.3 is 11.7 Å². The molecule has 4 N–H and O–H groups in total. The molecule has 1 aromatic rings. The number of aromatic hydroxyl groups is 1. The Hall–Kier alpha value is -2.35. The number of carboxylic acids is 1. The molecule has 0 amide bonds. The van der Waals surface area contributed by atoms with Gasteiger partial charge in [0.2, 0.25) is 5.75 Å². The van der Waals surface area contributed by atoms with E-state index in [1.165, 1.54) is 13.2 Å². The minimum atomic E-state index is -1.13. The maximum absolute atomic E-state index is 10.7. The molecule has 0 aliphatic carbocycles. The van der Waals surface area contributed by atoms with Crippen molar-refractivity contribution >= 4 is 11.7 Å². The lowest BCUT2D eigenvalue weighted by Gasteiger charge is -2.12. The van der Waals surface area contributed by atoms with Crippen molar-refractivity contribution < 1.29 is 24.7 Å². The molecular weight excluding hydrogens is 244 g/mol. The predicted molar refractivity (Wildman–Crippen MR) is 60.5 cm³/mol. The van der Waals surface area contributed by atoms with Crippen molar-refractivity contribution in [3.63, 3.8) is 0 Å². The number of methoxy groups -OCH3 is 1. The summed E-state index contributed by atoms with van der Waals surface area (Å²) < 4.78 is 4.77. The molecule has 0 aliphatic heterocycles. The lowest BCUT2D eigenvalue weighted by atomic mass is 10.0. The normalized spacial score (nSPS) is 11.9. The molecular formula is C10H12N2O6. The number of rotatable bonds is 5. The third kappa shape index (κ3) is 2.86. The van der Waals surface area contributed by atoms with Crippen molar-refractivity contribution in [2.45, 2.75) is 12.5 Å². The number of hydrogen-bond acceptors (Lipinski definition) is 6. The largest absolute Gasteiger partial charge is 0.500 e. The molecule has 1 rings (SSSR count). The van der Waals surface area contributed by atoms with Gasteiger partial charge in [-0.1, -0.05) is 0 Å². The van der Waals surface area contributed by atoms with Gasteiger partial charge in [-0.25, -0.2) is 0 Å². The number of hydrogen-bond donors (Lipinski definition) is 3. The van der Waals surface area contributed by atoms with Crippen LogP contribution in [0.1, 0.15) is 18.0 Å². The summed E-state index contributed by atoms with van der Waals surface area (Å²) >= 11 is 0. The van der Waals surface area contributed by atoms with Crippen LogP contribution >= 0.6 is 0 Å². The zero-order valence-corrected chi connectivity index (χ0v) is 9.49. The SMILES string of the molecule is COc1cc([C@@H](N)CC(=O)O)cc([N+](=O)[O-])c1O. The highest BCUT2D eigenvalue weighted by molar-refractivity contribution is 5.68. The van der Waals surface area contributed by atoms with Gasteiger partial charge in [0.15, 0.2) is 5.75 Å². The fourth-order valence-electron chi connectivity index (χ4n) is 1.43. The van der Waals surface area contributed by atoms with E-state index in [1.807, 2.05) is 0 Å². The molecule has 0 spiro atoms. The van der Waals surface area contributed by atoms with Crippen molar-refractivity contribution in [2.75, 3.05) is 7.11 Å². The van der Waals surface area contributed by atoms with E-state index >= 15 is 0 Å².